The molecule has 1 aliphatic heterocycles. The molecule has 1 rings (SSSR count). The normalized spacial score (nSPS) is 16.1. The Labute approximate surface area is 120 Å². The number of esters is 1. The fraction of sp³-hybridized carbons (Fsp3) is 0.667. The molecular formula is C15H23NO4. The maximum Gasteiger partial charge on any atom is 0.329 e. The van der Waals surface area contributed by atoms with Crippen molar-refractivity contribution in [2.24, 2.45) is 5.92 Å². The summed E-state index contributed by atoms with van der Waals surface area (Å²) in [7, 11) is 0. The average Bonchev–Trinajstić information content (AvgIpc) is 2.71. The molecule has 1 atom stereocenters. The van der Waals surface area contributed by atoms with Crippen molar-refractivity contribution >= 4 is 17.8 Å². The van der Waals surface area contributed by atoms with E-state index in [1.165, 1.54) is 12.2 Å². The molecule has 0 saturated heterocycles. The van der Waals surface area contributed by atoms with E-state index in [0.29, 0.717) is 18.9 Å². The lowest BCUT2D eigenvalue weighted by Crippen LogP contribution is -2.45. The molecule has 0 saturated carbocycles. The smallest absolute Gasteiger partial charge is 0.329 e. The number of hydrogen-bond acceptors (Lipinski definition) is 4. The maximum atomic E-state index is 12.0. The SMILES string of the molecule is CCC(C(=O)OCCCCC(C)C)N1C(=O)C=CC1=O. The van der Waals surface area contributed by atoms with Gasteiger partial charge in [0.25, 0.3) is 11.8 Å². The summed E-state index contributed by atoms with van der Waals surface area (Å²) in [5, 5.41) is 0. The molecule has 112 valence electrons. The number of unbranched alkanes of at least 4 members (excludes halogenated alkanes) is 1. The summed E-state index contributed by atoms with van der Waals surface area (Å²) in [6, 6.07) is -0.810. The van der Waals surface area contributed by atoms with E-state index in [1.54, 1.807) is 6.92 Å². The predicted molar refractivity (Wildman–Crippen MR) is 74.7 cm³/mol. The lowest BCUT2D eigenvalue weighted by molar-refractivity contribution is -0.157. The highest BCUT2D eigenvalue weighted by Crippen LogP contribution is 2.14. The lowest BCUT2D eigenvalue weighted by Gasteiger charge is -2.23. The highest BCUT2D eigenvalue weighted by atomic mass is 16.5. The molecule has 0 N–H and O–H groups in total. The van der Waals surface area contributed by atoms with Crippen molar-refractivity contribution in [1.82, 2.24) is 4.90 Å². The third-order valence-electron chi connectivity index (χ3n) is 3.23. The molecule has 0 aromatic heterocycles. The van der Waals surface area contributed by atoms with E-state index in [4.69, 9.17) is 4.74 Å². The van der Waals surface area contributed by atoms with Gasteiger partial charge in [-0.1, -0.05) is 27.2 Å². The Hall–Kier alpha value is -1.65. The van der Waals surface area contributed by atoms with Crippen LogP contribution in [0, 0.1) is 5.92 Å². The van der Waals surface area contributed by atoms with Gasteiger partial charge in [-0.2, -0.15) is 0 Å². The monoisotopic (exact) mass is 281 g/mol. The first-order valence-corrected chi connectivity index (χ1v) is 7.19. The van der Waals surface area contributed by atoms with E-state index in [9.17, 15) is 14.4 Å². The Kier molecular flexibility index (Phi) is 6.42. The second-order valence-electron chi connectivity index (χ2n) is 5.36. The van der Waals surface area contributed by atoms with E-state index in [2.05, 4.69) is 13.8 Å². The van der Waals surface area contributed by atoms with E-state index in [-0.39, 0.29) is 0 Å². The second kappa shape index (κ2) is 7.82. The molecule has 1 unspecified atom stereocenters. The highest BCUT2D eigenvalue weighted by molar-refractivity contribution is 6.14. The van der Waals surface area contributed by atoms with Gasteiger partial charge in [-0.15, -0.1) is 0 Å². The summed E-state index contributed by atoms with van der Waals surface area (Å²) < 4.78 is 5.17. The summed E-state index contributed by atoms with van der Waals surface area (Å²) in [5.74, 6) is -0.750. The van der Waals surface area contributed by atoms with E-state index in [1.807, 2.05) is 0 Å². The molecular weight excluding hydrogens is 258 g/mol. The molecule has 5 heteroatoms. The van der Waals surface area contributed by atoms with Crippen LogP contribution in [0.1, 0.15) is 46.5 Å². The predicted octanol–water partition coefficient (Wildman–Crippen LogP) is 2.06. The van der Waals surface area contributed by atoms with Crippen molar-refractivity contribution in [3.05, 3.63) is 12.2 Å². The topological polar surface area (TPSA) is 63.7 Å². The van der Waals surface area contributed by atoms with Gasteiger partial charge < -0.3 is 4.74 Å². The quantitative estimate of drug-likeness (QED) is 0.388. The van der Waals surface area contributed by atoms with E-state index < -0.39 is 23.8 Å². The van der Waals surface area contributed by atoms with Crippen molar-refractivity contribution < 1.29 is 19.1 Å². The molecule has 20 heavy (non-hydrogen) atoms. The minimum absolute atomic E-state index is 0.339. The number of hydrogen-bond donors (Lipinski definition) is 0. The van der Waals surface area contributed by atoms with Crippen molar-refractivity contribution in [3.8, 4) is 0 Å². The van der Waals surface area contributed by atoms with Crippen LogP contribution in [0.15, 0.2) is 12.2 Å². The first-order valence-electron chi connectivity index (χ1n) is 7.19. The minimum atomic E-state index is -0.810. The first kappa shape index (κ1) is 16.4. The van der Waals surface area contributed by atoms with E-state index in [0.717, 1.165) is 24.2 Å². The van der Waals surface area contributed by atoms with Gasteiger partial charge in [0, 0.05) is 12.2 Å². The van der Waals surface area contributed by atoms with Crippen LogP contribution in [-0.2, 0) is 19.1 Å². The average molecular weight is 281 g/mol. The summed E-state index contributed by atoms with van der Waals surface area (Å²) >= 11 is 0. The van der Waals surface area contributed by atoms with Gasteiger partial charge in [0.1, 0.15) is 6.04 Å². The number of ether oxygens (including phenoxy) is 1. The number of rotatable bonds is 8. The van der Waals surface area contributed by atoms with Crippen LogP contribution in [-0.4, -0.2) is 35.3 Å². The fourth-order valence-electron chi connectivity index (χ4n) is 2.10. The van der Waals surface area contributed by atoms with Gasteiger partial charge >= 0.3 is 5.97 Å². The van der Waals surface area contributed by atoms with Crippen LogP contribution in [0.25, 0.3) is 0 Å². The Morgan fingerprint density at radius 1 is 1.20 bits per heavy atom. The van der Waals surface area contributed by atoms with Crippen molar-refractivity contribution in [3.63, 3.8) is 0 Å². The zero-order valence-corrected chi connectivity index (χ0v) is 12.4. The Bertz CT molecular complexity index is 383. The molecule has 0 spiro atoms. The zero-order chi connectivity index (χ0) is 15.1. The Balaban J connectivity index is 2.40. The molecule has 0 fully saturated rings. The van der Waals surface area contributed by atoms with Gasteiger partial charge in [0.15, 0.2) is 0 Å². The molecule has 0 aromatic rings. The summed E-state index contributed by atoms with van der Waals surface area (Å²) in [5.41, 5.74) is 0. The highest BCUT2D eigenvalue weighted by Gasteiger charge is 2.35. The summed E-state index contributed by atoms with van der Waals surface area (Å²) in [6.45, 7) is 6.39. The van der Waals surface area contributed by atoms with E-state index >= 15 is 0 Å². The maximum absolute atomic E-state index is 12.0. The van der Waals surface area contributed by atoms with Crippen LogP contribution >= 0.6 is 0 Å². The number of nitrogens with zero attached hydrogens (tertiary/aromatic N) is 1. The molecule has 1 aliphatic rings. The molecule has 0 aliphatic carbocycles. The lowest BCUT2D eigenvalue weighted by atomic mass is 10.1. The minimum Gasteiger partial charge on any atom is -0.464 e. The third kappa shape index (κ3) is 4.47. The Morgan fingerprint density at radius 3 is 2.30 bits per heavy atom. The first-order chi connectivity index (χ1) is 9.47. The summed E-state index contributed by atoms with van der Waals surface area (Å²) in [4.78, 5) is 36.0. The van der Waals surface area contributed by atoms with Gasteiger partial charge in [-0.25, -0.2) is 4.79 Å². The van der Waals surface area contributed by atoms with Crippen LogP contribution in [0.3, 0.4) is 0 Å². The fourth-order valence-corrected chi connectivity index (χ4v) is 2.10. The number of imide groups is 1. The van der Waals surface area contributed by atoms with Crippen molar-refractivity contribution in [1.29, 1.82) is 0 Å². The second-order valence-corrected chi connectivity index (χ2v) is 5.36. The van der Waals surface area contributed by atoms with Gasteiger partial charge in [0.05, 0.1) is 6.61 Å². The molecule has 0 radical (unpaired) electrons. The molecule has 5 nitrogen and oxygen atoms in total. The van der Waals surface area contributed by atoms with Crippen LogP contribution in [0.5, 0.6) is 0 Å². The number of amides is 2. The number of carbonyl (C=O) groups is 3. The van der Waals surface area contributed by atoms with Crippen LogP contribution < -0.4 is 0 Å². The Morgan fingerprint density at radius 2 is 1.80 bits per heavy atom. The molecule has 0 aromatic carbocycles. The van der Waals surface area contributed by atoms with Gasteiger partial charge in [-0.05, 0) is 25.2 Å². The largest absolute Gasteiger partial charge is 0.464 e. The van der Waals surface area contributed by atoms with Crippen LogP contribution in [0.2, 0.25) is 0 Å². The molecule has 0 bridgehead atoms. The van der Waals surface area contributed by atoms with Crippen molar-refractivity contribution in [2.45, 2.75) is 52.5 Å². The van der Waals surface area contributed by atoms with Crippen molar-refractivity contribution in [2.75, 3.05) is 6.61 Å². The van der Waals surface area contributed by atoms with Gasteiger partial charge in [-0.3, -0.25) is 14.5 Å². The standard InChI is InChI=1S/C15H23NO4/c1-4-12(16-13(17)8-9-14(16)18)15(19)20-10-6-5-7-11(2)3/h8-9,11-12H,4-7,10H2,1-3H3. The third-order valence-corrected chi connectivity index (χ3v) is 3.23. The molecule has 2 amide bonds. The number of carbonyl (C=O) groups excluding carboxylic acids is 3. The summed E-state index contributed by atoms with van der Waals surface area (Å²) in [6.07, 6.45) is 5.64. The van der Waals surface area contributed by atoms with Gasteiger partial charge in [0.2, 0.25) is 0 Å². The zero-order valence-electron chi connectivity index (χ0n) is 12.4. The van der Waals surface area contributed by atoms with Crippen LogP contribution in [0.4, 0.5) is 0 Å². The molecule has 1 heterocycles.